The van der Waals surface area contributed by atoms with Crippen molar-refractivity contribution in [1.82, 2.24) is 24.8 Å². The number of nitrogens with zero attached hydrogens (tertiary/aromatic N) is 6. The van der Waals surface area contributed by atoms with Crippen molar-refractivity contribution in [3.05, 3.63) is 65.6 Å². The van der Waals surface area contributed by atoms with Crippen molar-refractivity contribution >= 4 is 11.7 Å². The molecular formula is C23H20F4N6O. The molecule has 2 aromatic heterocycles. The zero-order valence-corrected chi connectivity index (χ0v) is 18.1. The van der Waals surface area contributed by atoms with E-state index in [0.717, 1.165) is 0 Å². The summed E-state index contributed by atoms with van der Waals surface area (Å²) in [5, 5.41) is 0. The average molecular weight is 472 g/mol. The largest absolute Gasteiger partial charge is 0.451 e. The Morgan fingerprint density at radius 2 is 1.85 bits per heavy atom. The first-order valence-corrected chi connectivity index (χ1v) is 10.8. The van der Waals surface area contributed by atoms with Gasteiger partial charge >= 0.3 is 6.18 Å². The molecule has 1 aromatic carbocycles. The van der Waals surface area contributed by atoms with Gasteiger partial charge in [-0.3, -0.25) is 4.79 Å². The third kappa shape index (κ3) is 3.95. The van der Waals surface area contributed by atoms with Crippen LogP contribution < -0.4 is 4.90 Å². The number of amides is 1. The Hall–Kier alpha value is -3.63. The number of halogens is 4. The second-order valence-corrected chi connectivity index (χ2v) is 8.44. The van der Waals surface area contributed by atoms with Crippen LogP contribution in [0.4, 0.5) is 23.4 Å². The molecule has 0 spiro atoms. The summed E-state index contributed by atoms with van der Waals surface area (Å²) in [6.45, 7) is 2.70. The van der Waals surface area contributed by atoms with E-state index in [-0.39, 0.29) is 41.4 Å². The molecule has 176 valence electrons. The average Bonchev–Trinajstić information content (AvgIpc) is 2.79. The van der Waals surface area contributed by atoms with Crippen molar-refractivity contribution in [2.75, 3.05) is 24.5 Å². The summed E-state index contributed by atoms with van der Waals surface area (Å²) in [5.41, 5.74) is 0.387. The van der Waals surface area contributed by atoms with Gasteiger partial charge in [-0.2, -0.15) is 13.2 Å². The van der Waals surface area contributed by atoms with Gasteiger partial charge in [-0.1, -0.05) is 12.1 Å². The van der Waals surface area contributed by atoms with Gasteiger partial charge in [-0.15, -0.1) is 0 Å². The molecule has 2 aliphatic rings. The van der Waals surface area contributed by atoms with Gasteiger partial charge in [0.2, 0.25) is 5.82 Å². The monoisotopic (exact) mass is 472 g/mol. The van der Waals surface area contributed by atoms with Crippen molar-refractivity contribution in [3.63, 3.8) is 0 Å². The summed E-state index contributed by atoms with van der Waals surface area (Å²) in [4.78, 5) is 32.2. The van der Waals surface area contributed by atoms with Crippen LogP contribution in [0.5, 0.6) is 0 Å². The number of alkyl halides is 3. The van der Waals surface area contributed by atoms with Crippen LogP contribution in [0, 0.1) is 18.7 Å². The highest BCUT2D eigenvalue weighted by atomic mass is 19.4. The highest BCUT2D eigenvalue weighted by Gasteiger charge is 2.45. The molecule has 0 N–H and O–H groups in total. The lowest BCUT2D eigenvalue weighted by molar-refractivity contribution is -0.145. The number of hydrogen-bond donors (Lipinski definition) is 0. The van der Waals surface area contributed by atoms with Crippen molar-refractivity contribution in [2.45, 2.75) is 25.6 Å². The lowest BCUT2D eigenvalue weighted by Gasteiger charge is -2.54. The number of likely N-dealkylation sites (tertiary alicyclic amines) is 1. The molecule has 0 unspecified atom stereocenters. The molecule has 2 saturated heterocycles. The summed E-state index contributed by atoms with van der Waals surface area (Å²) < 4.78 is 54.4. The Bertz CT molecular complexity index is 1240. The van der Waals surface area contributed by atoms with Gasteiger partial charge in [0.1, 0.15) is 11.6 Å². The van der Waals surface area contributed by atoms with E-state index in [4.69, 9.17) is 0 Å². The van der Waals surface area contributed by atoms with Crippen LogP contribution in [0.3, 0.4) is 0 Å². The van der Waals surface area contributed by atoms with E-state index >= 15 is 0 Å². The molecule has 0 radical (unpaired) electrons. The van der Waals surface area contributed by atoms with E-state index in [1.807, 2.05) is 0 Å². The third-order valence-electron chi connectivity index (χ3n) is 6.26. The second kappa shape index (κ2) is 8.30. The van der Waals surface area contributed by atoms with Crippen LogP contribution in [0.1, 0.15) is 28.3 Å². The predicted octanol–water partition coefficient (Wildman–Crippen LogP) is 3.75. The van der Waals surface area contributed by atoms with Crippen LogP contribution in [-0.4, -0.2) is 56.4 Å². The van der Waals surface area contributed by atoms with Crippen molar-refractivity contribution in [1.29, 1.82) is 0 Å². The van der Waals surface area contributed by atoms with Gasteiger partial charge in [0.25, 0.3) is 5.91 Å². The van der Waals surface area contributed by atoms with Crippen molar-refractivity contribution < 1.29 is 22.4 Å². The highest BCUT2D eigenvalue weighted by molar-refractivity contribution is 6.00. The number of carbonyl (C=O) groups excluding carboxylic acids is 1. The number of aryl methyl sites for hydroxylation is 1. The first-order chi connectivity index (χ1) is 16.2. The van der Waals surface area contributed by atoms with Gasteiger partial charge in [0.15, 0.2) is 5.82 Å². The number of piperidine rings is 1. The Kier molecular flexibility index (Phi) is 5.41. The molecule has 2 fully saturated rings. The number of carbonyl (C=O) groups is 1. The molecule has 34 heavy (non-hydrogen) atoms. The topological polar surface area (TPSA) is 75.1 Å². The number of aromatic nitrogens is 4. The van der Waals surface area contributed by atoms with E-state index in [0.29, 0.717) is 25.1 Å². The molecule has 2 aliphatic heterocycles. The van der Waals surface area contributed by atoms with Crippen LogP contribution in [0.25, 0.3) is 11.4 Å². The Labute approximate surface area is 192 Å². The van der Waals surface area contributed by atoms with Crippen LogP contribution in [0.15, 0.2) is 42.7 Å². The van der Waals surface area contributed by atoms with Crippen molar-refractivity contribution in [3.8, 4) is 11.4 Å². The maximum absolute atomic E-state index is 14.8. The van der Waals surface area contributed by atoms with E-state index in [1.54, 1.807) is 17.0 Å². The summed E-state index contributed by atoms with van der Waals surface area (Å²) in [6, 6.07) is 7.22. The fourth-order valence-electron chi connectivity index (χ4n) is 4.59. The van der Waals surface area contributed by atoms with Crippen LogP contribution in [-0.2, 0) is 6.18 Å². The molecule has 0 aliphatic carbocycles. The molecule has 5 rings (SSSR count). The Morgan fingerprint density at radius 3 is 2.59 bits per heavy atom. The molecule has 2 atom stereocenters. The SMILES string of the molecule is Cc1cc(N2C[C@@H]3CCN(C(=O)c4c(F)cccc4-c4ncccn4)C[C@@H]32)nc(C(F)(F)F)n1. The molecule has 7 nitrogen and oxygen atoms in total. The minimum Gasteiger partial charge on any atom is -0.351 e. The summed E-state index contributed by atoms with van der Waals surface area (Å²) in [6.07, 6.45) is -0.967. The molecule has 1 amide bonds. The smallest absolute Gasteiger partial charge is 0.351 e. The Balaban J connectivity index is 1.41. The normalized spacial score (nSPS) is 20.0. The number of anilines is 1. The third-order valence-corrected chi connectivity index (χ3v) is 6.26. The van der Waals surface area contributed by atoms with Gasteiger partial charge in [0.05, 0.1) is 11.6 Å². The quantitative estimate of drug-likeness (QED) is 0.541. The summed E-state index contributed by atoms with van der Waals surface area (Å²) >= 11 is 0. The lowest BCUT2D eigenvalue weighted by atomic mass is 9.82. The molecule has 3 aromatic rings. The minimum atomic E-state index is -4.65. The number of benzene rings is 1. The highest BCUT2D eigenvalue weighted by Crippen LogP contribution is 2.38. The van der Waals surface area contributed by atoms with E-state index in [2.05, 4.69) is 19.9 Å². The van der Waals surface area contributed by atoms with E-state index in [1.165, 1.54) is 42.4 Å². The fourth-order valence-corrected chi connectivity index (χ4v) is 4.59. The zero-order chi connectivity index (χ0) is 24.0. The predicted molar refractivity (Wildman–Crippen MR) is 114 cm³/mol. The van der Waals surface area contributed by atoms with Gasteiger partial charge in [-0.05, 0) is 25.5 Å². The summed E-state index contributed by atoms with van der Waals surface area (Å²) in [5.74, 6) is -1.73. The molecular weight excluding hydrogens is 452 g/mol. The number of hydrogen-bond acceptors (Lipinski definition) is 6. The standard InChI is InChI=1S/C23H20F4N6O/c1-13-10-18(31-22(30-13)23(25,26)27)33-11-14-6-9-32(12-17(14)33)21(34)19-15(4-2-5-16(19)24)20-28-7-3-8-29-20/h2-5,7-8,10,14,17H,6,9,11-12H2,1H3/t14-,17-/m0/s1. The minimum absolute atomic E-state index is 0.115. The van der Waals surface area contributed by atoms with E-state index < -0.39 is 23.7 Å². The molecule has 11 heteroatoms. The Morgan fingerprint density at radius 1 is 1.09 bits per heavy atom. The second-order valence-electron chi connectivity index (χ2n) is 8.44. The molecule has 0 saturated carbocycles. The van der Waals surface area contributed by atoms with E-state index in [9.17, 15) is 22.4 Å². The van der Waals surface area contributed by atoms with Gasteiger partial charge in [-0.25, -0.2) is 24.3 Å². The molecule has 4 heterocycles. The molecule has 0 bridgehead atoms. The van der Waals surface area contributed by atoms with Gasteiger partial charge < -0.3 is 9.80 Å². The van der Waals surface area contributed by atoms with Crippen LogP contribution in [0.2, 0.25) is 0 Å². The van der Waals surface area contributed by atoms with Crippen LogP contribution >= 0.6 is 0 Å². The lowest BCUT2D eigenvalue weighted by Crippen LogP contribution is -2.65. The maximum Gasteiger partial charge on any atom is 0.451 e. The zero-order valence-electron chi connectivity index (χ0n) is 18.1. The van der Waals surface area contributed by atoms with Crippen molar-refractivity contribution in [2.24, 2.45) is 5.92 Å². The first kappa shape index (κ1) is 22.2. The number of fused-ring (bicyclic) bond motifs is 1. The number of rotatable bonds is 3. The maximum atomic E-state index is 14.8. The van der Waals surface area contributed by atoms with Gasteiger partial charge in [0, 0.05) is 55.3 Å². The fraction of sp³-hybridized carbons (Fsp3) is 0.348. The summed E-state index contributed by atoms with van der Waals surface area (Å²) in [7, 11) is 0. The first-order valence-electron chi connectivity index (χ1n) is 10.8.